The van der Waals surface area contributed by atoms with Gasteiger partial charge in [0.15, 0.2) is 9.84 Å². The van der Waals surface area contributed by atoms with E-state index in [2.05, 4.69) is 57.0 Å². The van der Waals surface area contributed by atoms with Crippen molar-refractivity contribution in [2.75, 3.05) is 20.5 Å². The minimum absolute atomic E-state index is 0.000805. The van der Waals surface area contributed by atoms with E-state index >= 15 is 0 Å². The second kappa shape index (κ2) is 40.0. The van der Waals surface area contributed by atoms with Gasteiger partial charge >= 0.3 is 36.6 Å². The topological polar surface area (TPSA) is 248 Å². The van der Waals surface area contributed by atoms with E-state index in [1.807, 2.05) is 0 Å². The summed E-state index contributed by atoms with van der Waals surface area (Å²) in [5.41, 5.74) is -4.92. The summed E-state index contributed by atoms with van der Waals surface area (Å²) < 4.78 is 247. The fraction of sp³-hybridized carbons (Fsp3) is 0.227. The molecule has 0 spiro atoms. The molecule has 656 valence electrons. The molecule has 1 N–H and O–H groups in total. The normalized spacial score (nSPS) is 13.7. The number of esters is 2. The van der Waals surface area contributed by atoms with Gasteiger partial charge in [-0.3, -0.25) is 0 Å². The molecule has 11 rings (SSSR count). The molecule has 0 amide bonds. The van der Waals surface area contributed by atoms with E-state index in [9.17, 15) is 93.4 Å². The van der Waals surface area contributed by atoms with Crippen LogP contribution in [0, 0.1) is 0 Å². The van der Waals surface area contributed by atoms with Gasteiger partial charge in [0.05, 0.1) is 112 Å². The number of nitrogens with zero attached hydrogens (tertiary/aromatic N) is 12. The first kappa shape index (κ1) is 102. The number of carbonyl (C=O) groups is 2. The highest BCUT2D eigenvalue weighted by molar-refractivity contribution is 7.89. The van der Waals surface area contributed by atoms with Crippen molar-refractivity contribution < 1.29 is 103 Å². The van der Waals surface area contributed by atoms with Crippen molar-refractivity contribution in [1.82, 2.24) is 45.0 Å². The van der Waals surface area contributed by atoms with Crippen LogP contribution in [0.4, 0.5) is 75.9 Å². The average Bonchev–Trinajstić information content (AvgIpc) is 1.69. The molecule has 0 saturated carbocycles. The van der Waals surface area contributed by atoms with Crippen molar-refractivity contribution in [3.05, 3.63) is 267 Å². The summed E-state index contributed by atoms with van der Waals surface area (Å²) in [5, 5.41) is 34.9. The van der Waals surface area contributed by atoms with Gasteiger partial charge in [0.1, 0.15) is 34.1 Å². The molecule has 123 heavy (non-hydrogen) atoms. The van der Waals surface area contributed by atoms with Gasteiger partial charge in [0.25, 0.3) is 0 Å². The molecule has 0 radical (unpaired) electrons. The molecule has 48 heteroatoms. The molecule has 11 aromatic rings. The molecule has 0 aliphatic carbocycles. The third kappa shape index (κ3) is 24.0. The standard InChI is InChI=1S/C19H14Cl3F4N3O2S.C19H12Cl3F4N3O2.C18H12Cl3F4N3O.C10H9ClO2.C9H5Cl2F4N3/c1-18(23,19(24,25)26)12-6-14(21)17(15(22)7-12)29-8-16(27-28-29)10-3-4-13(20)11(5-10)9-32(2,30)31;1-18(23,19(24,25)26)10-6-13(21)16(14(22)7-10)29-8-15(27-28-29)9-3-4-12(20)11(5-9)17(30)31-2;1-17(22,18(23,24)25)11-5-13(20)16(14(21)6-11)28-7-15(26-27-28)9-2-3-12(19)10(4-9)8-29;1-3-7-4-5-9(11)8(6-7)10(12)13-2;1-8(12,9(13,14)15)4-2-5(10)7(17-18-16)6(11)3-4/h3-8H,9H2,1-2H3;3-8H,1-2H3;2-7,29H,8H2,1H3;3-6H,1H2,2H3;2-3H,1H3. The Morgan fingerprint density at radius 1 is 0.439 bits per heavy atom. The number of rotatable bonds is 17. The Labute approximate surface area is 746 Å². The fourth-order valence-electron chi connectivity index (χ4n) is 10.2. The number of alkyl halides is 16. The highest BCUT2D eigenvalue weighted by Crippen LogP contribution is 2.50. The first-order chi connectivity index (χ1) is 56.7. The average molecular weight is 1990 g/mol. The molecule has 0 aliphatic heterocycles. The Hall–Kier alpha value is -8.56. The first-order valence-electron chi connectivity index (χ1n) is 33.3. The molecule has 3 aromatic heterocycles. The van der Waals surface area contributed by atoms with Crippen molar-refractivity contribution in [2.24, 2.45) is 5.11 Å². The van der Waals surface area contributed by atoms with Crippen LogP contribution in [0.1, 0.15) is 87.4 Å². The van der Waals surface area contributed by atoms with Crippen molar-refractivity contribution >= 4 is 173 Å². The van der Waals surface area contributed by atoms with Crippen molar-refractivity contribution in [3.8, 4) is 50.8 Å². The number of ether oxygens (including phenoxy) is 2. The van der Waals surface area contributed by atoms with Gasteiger partial charge in [0, 0.05) is 60.2 Å². The zero-order valence-electron chi connectivity index (χ0n) is 62.7. The van der Waals surface area contributed by atoms with Crippen LogP contribution in [0.3, 0.4) is 0 Å². The maximum atomic E-state index is 14.3. The Morgan fingerprint density at radius 2 is 0.715 bits per heavy atom. The van der Waals surface area contributed by atoms with Gasteiger partial charge < -0.3 is 14.6 Å². The molecule has 0 bridgehead atoms. The van der Waals surface area contributed by atoms with Gasteiger partial charge in [-0.25, -0.2) is 49.6 Å². The monoisotopic (exact) mass is 1990 g/mol. The lowest BCUT2D eigenvalue weighted by atomic mass is 9.97. The summed E-state index contributed by atoms with van der Waals surface area (Å²) in [7, 11) is -0.822. The van der Waals surface area contributed by atoms with Crippen LogP contribution in [0.5, 0.6) is 0 Å². The summed E-state index contributed by atoms with van der Waals surface area (Å²) in [4.78, 5) is 25.4. The maximum Gasteiger partial charge on any atom is 0.426 e. The zero-order valence-corrected chi connectivity index (χ0v) is 72.6. The number of hydrogen-bond acceptors (Lipinski definition) is 14. The molecule has 19 nitrogen and oxygen atoms in total. The highest BCUT2D eigenvalue weighted by atomic mass is 35.5. The lowest BCUT2D eigenvalue weighted by Gasteiger charge is -2.25. The van der Waals surface area contributed by atoms with Crippen molar-refractivity contribution in [3.63, 3.8) is 0 Å². The second-order valence-electron chi connectivity index (χ2n) is 26.0. The number of aliphatic hydroxyl groups excluding tert-OH is 1. The summed E-state index contributed by atoms with van der Waals surface area (Å²) in [5.74, 6) is -1.37. The van der Waals surface area contributed by atoms with Crippen molar-refractivity contribution in [1.29, 1.82) is 0 Å². The van der Waals surface area contributed by atoms with Crippen LogP contribution >= 0.6 is 139 Å². The van der Waals surface area contributed by atoms with Gasteiger partial charge in [-0.15, -0.1) is 15.3 Å². The van der Waals surface area contributed by atoms with E-state index in [0.717, 1.165) is 69.7 Å². The number of hydrogen-bond donors (Lipinski definition) is 1. The summed E-state index contributed by atoms with van der Waals surface area (Å²) in [6, 6.07) is 25.5. The molecule has 0 aliphatic rings. The Morgan fingerprint density at radius 3 is 1.00 bits per heavy atom. The third-order valence-electron chi connectivity index (χ3n) is 17.2. The Balaban J connectivity index is 0.000000218. The van der Waals surface area contributed by atoms with E-state index in [-0.39, 0.29) is 96.6 Å². The van der Waals surface area contributed by atoms with Crippen LogP contribution in [-0.2, 0) is 54.3 Å². The largest absolute Gasteiger partial charge is 0.465 e. The number of aliphatic hydroxyl groups is 1. The van der Waals surface area contributed by atoms with E-state index in [4.69, 9.17) is 145 Å². The van der Waals surface area contributed by atoms with E-state index in [1.54, 1.807) is 54.6 Å². The lowest BCUT2D eigenvalue weighted by molar-refractivity contribution is -0.229. The predicted molar refractivity (Wildman–Crippen MR) is 437 cm³/mol. The quantitative estimate of drug-likeness (QED) is 0.0293. The molecule has 4 atom stereocenters. The molecule has 8 aromatic carbocycles. The third-order valence-corrected chi connectivity index (χ3v) is 21.8. The van der Waals surface area contributed by atoms with Crippen LogP contribution in [0.25, 0.3) is 67.4 Å². The summed E-state index contributed by atoms with van der Waals surface area (Å²) >= 11 is 71.6. The zero-order chi connectivity index (χ0) is 92.7. The number of aromatic nitrogens is 9. The van der Waals surface area contributed by atoms with Gasteiger partial charge in [-0.2, -0.15) is 52.7 Å². The number of carbonyl (C=O) groups excluding carboxylic acids is 2. The SMILES string of the molecule is C=Cc1ccc(Cl)c(C(=O)OC)c1.CC(F)(c1cc(Cl)c(-n2cc(-c3ccc(Cl)c(CO)c3)nn2)c(Cl)c1)C(F)(F)F.CC(F)(c1cc(Cl)c(-n2cc(-c3ccc(Cl)c(CS(C)(=O)=O)c3)nn2)c(Cl)c1)C(F)(F)F.CC(F)(c1cc(Cl)c(N=[N+]=[N-])c(Cl)c1)C(F)(F)F.COC(=O)c1cc(-c2cn(-c3c(Cl)cc(C(C)(F)C(F)(F)F)cc3Cl)nn2)ccc1Cl. The Bertz CT molecular complexity index is 5890. The first-order valence-corrected chi connectivity index (χ1v) is 39.9. The van der Waals surface area contributed by atoms with Gasteiger partial charge in [-0.1, -0.05) is 197 Å². The molecular formula is C75H52Cl12F16N12O7S. The van der Waals surface area contributed by atoms with Gasteiger partial charge in [-0.05, 0) is 147 Å². The number of sulfone groups is 1. The van der Waals surface area contributed by atoms with Crippen LogP contribution in [-0.4, -0.2) is 116 Å². The second-order valence-corrected chi connectivity index (χ2v) is 33.0. The predicted octanol–water partition coefficient (Wildman–Crippen LogP) is 27.2. The number of halogens is 28. The van der Waals surface area contributed by atoms with E-state index in [0.29, 0.717) is 82.5 Å². The smallest absolute Gasteiger partial charge is 0.426 e. The van der Waals surface area contributed by atoms with Crippen LogP contribution in [0.15, 0.2) is 152 Å². The lowest BCUT2D eigenvalue weighted by Crippen LogP contribution is -2.35. The van der Waals surface area contributed by atoms with E-state index < -0.39 is 91.4 Å². The molecule has 0 fully saturated rings. The Kier molecular flexibility index (Phi) is 33.0. The summed E-state index contributed by atoms with van der Waals surface area (Å²) in [6.07, 6.45) is -13.7. The van der Waals surface area contributed by atoms with Gasteiger partial charge in [0.2, 0.25) is 22.7 Å². The van der Waals surface area contributed by atoms with E-state index in [1.165, 1.54) is 61.8 Å². The minimum Gasteiger partial charge on any atom is -0.465 e. The summed E-state index contributed by atoms with van der Waals surface area (Å²) in [6.45, 7) is 4.80. The number of azide groups is 1. The highest BCUT2D eigenvalue weighted by Gasteiger charge is 2.57. The number of methoxy groups -OCH3 is 2. The molecule has 3 heterocycles. The molecule has 0 saturated heterocycles. The maximum absolute atomic E-state index is 14.3. The minimum atomic E-state index is -5.17. The van der Waals surface area contributed by atoms with Crippen molar-refractivity contribution in [2.45, 2.75) is 87.4 Å². The molecular weight excluding hydrogens is 1940 g/mol. The molecule has 4 unspecified atom stereocenters. The van der Waals surface area contributed by atoms with Crippen LogP contribution in [0.2, 0.25) is 60.3 Å². The fourth-order valence-corrected chi connectivity index (χ4v) is 14.4. The van der Waals surface area contributed by atoms with Crippen LogP contribution < -0.4 is 0 Å². The number of benzene rings is 8.